The molecule has 0 amide bonds. The Balaban J connectivity index is 2.37. The Morgan fingerprint density at radius 1 is 0.923 bits per heavy atom. The highest BCUT2D eigenvalue weighted by molar-refractivity contribution is 6.05. The van der Waals surface area contributed by atoms with E-state index in [4.69, 9.17) is 0 Å². The Kier molecular flexibility index (Phi) is 3.37. The largest absolute Gasteiger partial charge is 0.332 e. The lowest BCUT2D eigenvalue weighted by Crippen LogP contribution is -2.39. The van der Waals surface area contributed by atoms with Crippen LogP contribution in [0.15, 0.2) is 38.6 Å². The topological polar surface area (TPSA) is 78.9 Å². The summed E-state index contributed by atoms with van der Waals surface area (Å²) >= 11 is 0. The second kappa shape index (κ2) is 5.39. The van der Waals surface area contributed by atoms with Crippen molar-refractivity contribution < 1.29 is 0 Å². The van der Waals surface area contributed by atoms with E-state index < -0.39 is 11.2 Å². The molecule has 4 rings (SSSR count). The van der Waals surface area contributed by atoms with E-state index in [0.717, 1.165) is 21.9 Å². The smallest absolute Gasteiger partial charge is 0.296 e. The van der Waals surface area contributed by atoms with E-state index >= 15 is 0 Å². The van der Waals surface area contributed by atoms with Crippen molar-refractivity contribution in [1.29, 1.82) is 0 Å². The number of benzene rings is 1. The van der Waals surface area contributed by atoms with E-state index in [1.54, 1.807) is 20.2 Å². The van der Waals surface area contributed by atoms with Gasteiger partial charge in [0.05, 0.1) is 16.4 Å². The van der Waals surface area contributed by atoms with Gasteiger partial charge in [0, 0.05) is 26.5 Å². The summed E-state index contributed by atoms with van der Waals surface area (Å²) in [6, 6.07) is 7.66. The fourth-order valence-corrected chi connectivity index (χ4v) is 3.51. The summed E-state index contributed by atoms with van der Waals surface area (Å²) < 4.78 is 3.69. The molecule has 0 saturated carbocycles. The molecule has 0 aliphatic carbocycles. The van der Waals surface area contributed by atoms with Crippen molar-refractivity contribution in [2.75, 3.05) is 0 Å². The third-order valence-corrected chi connectivity index (χ3v) is 5.01. The number of nitrogens with zero attached hydrogens (tertiary/aromatic N) is 4. The van der Waals surface area contributed by atoms with Gasteiger partial charge in [-0.05, 0) is 30.2 Å². The molecule has 7 heteroatoms. The Hall–Kier alpha value is -3.22. The van der Waals surface area contributed by atoms with E-state index in [9.17, 15) is 14.4 Å². The minimum atomic E-state index is -0.481. The lowest BCUT2D eigenvalue weighted by atomic mass is 10.1. The number of pyridine rings is 2. The minimum absolute atomic E-state index is 0.271. The van der Waals surface area contributed by atoms with Crippen LogP contribution in [0.25, 0.3) is 32.8 Å². The Bertz CT molecular complexity index is 1410. The second-order valence-corrected chi connectivity index (χ2v) is 6.53. The van der Waals surface area contributed by atoms with Gasteiger partial charge in [-0.25, -0.2) is 9.78 Å². The molecule has 0 spiro atoms. The fourth-order valence-electron chi connectivity index (χ4n) is 3.51. The molecule has 0 aliphatic heterocycles. The number of aromatic nitrogens is 4. The fraction of sp³-hybridized carbons (Fsp3) is 0.263. The Labute approximate surface area is 147 Å². The van der Waals surface area contributed by atoms with Gasteiger partial charge in [0.1, 0.15) is 11.0 Å². The lowest BCUT2D eigenvalue weighted by Gasteiger charge is -2.13. The maximum Gasteiger partial charge on any atom is 0.332 e. The molecular weight excluding hydrogens is 332 g/mol. The molecular formula is C19H18N4O3. The first kappa shape index (κ1) is 16.3. The van der Waals surface area contributed by atoms with Crippen LogP contribution in [0, 0.1) is 0 Å². The van der Waals surface area contributed by atoms with Gasteiger partial charge in [-0.2, -0.15) is 0 Å². The molecule has 0 atom stereocenters. The van der Waals surface area contributed by atoms with Gasteiger partial charge >= 0.3 is 5.69 Å². The molecule has 0 aliphatic rings. The maximum atomic E-state index is 12.9. The van der Waals surface area contributed by atoms with Gasteiger partial charge in [0.25, 0.3) is 11.1 Å². The summed E-state index contributed by atoms with van der Waals surface area (Å²) in [7, 11) is 4.54. The first-order valence-electron chi connectivity index (χ1n) is 8.37. The van der Waals surface area contributed by atoms with Crippen molar-refractivity contribution in [1.82, 2.24) is 18.7 Å². The van der Waals surface area contributed by atoms with E-state index in [0.29, 0.717) is 16.4 Å². The standard InChI is InChI=1S/C19H18N4O3/c1-5-10-6-7-13-11(8-10)9-12-15(20-13)14-16(21(2)17(12)24)22(3)19(26)23(4)18(14)25/h6-9H,5H2,1-4H3. The van der Waals surface area contributed by atoms with Crippen LogP contribution in [-0.4, -0.2) is 18.7 Å². The third-order valence-electron chi connectivity index (χ3n) is 5.01. The number of fused-ring (bicyclic) bond motifs is 4. The Morgan fingerprint density at radius 2 is 1.65 bits per heavy atom. The normalized spacial score (nSPS) is 11.7. The van der Waals surface area contributed by atoms with Crippen LogP contribution >= 0.6 is 0 Å². The summed E-state index contributed by atoms with van der Waals surface area (Å²) in [6.07, 6.45) is 0.881. The molecule has 0 N–H and O–H groups in total. The van der Waals surface area contributed by atoms with Crippen LogP contribution in [0.1, 0.15) is 12.5 Å². The van der Waals surface area contributed by atoms with Gasteiger partial charge in [0.15, 0.2) is 0 Å². The van der Waals surface area contributed by atoms with Crippen molar-refractivity contribution in [2.24, 2.45) is 21.1 Å². The zero-order chi connectivity index (χ0) is 18.7. The zero-order valence-corrected chi connectivity index (χ0v) is 15.0. The average molecular weight is 350 g/mol. The quantitative estimate of drug-likeness (QED) is 0.382. The van der Waals surface area contributed by atoms with Crippen molar-refractivity contribution in [3.63, 3.8) is 0 Å². The van der Waals surface area contributed by atoms with Crippen molar-refractivity contribution in [3.05, 3.63) is 61.0 Å². The molecule has 0 unspecified atom stereocenters. The summed E-state index contributed by atoms with van der Waals surface area (Å²) in [5.41, 5.74) is 1.23. The van der Waals surface area contributed by atoms with Gasteiger partial charge in [-0.3, -0.25) is 23.3 Å². The molecule has 1 aromatic carbocycles. The zero-order valence-electron chi connectivity index (χ0n) is 15.0. The minimum Gasteiger partial charge on any atom is -0.296 e. The van der Waals surface area contributed by atoms with Crippen molar-refractivity contribution in [3.8, 4) is 0 Å². The maximum absolute atomic E-state index is 12.9. The van der Waals surface area contributed by atoms with Crippen LogP contribution in [0.3, 0.4) is 0 Å². The lowest BCUT2D eigenvalue weighted by molar-refractivity contribution is 0.691. The first-order valence-corrected chi connectivity index (χ1v) is 8.37. The summed E-state index contributed by atoms with van der Waals surface area (Å²) in [4.78, 5) is 42.6. The van der Waals surface area contributed by atoms with Gasteiger partial charge < -0.3 is 0 Å². The molecule has 0 radical (unpaired) electrons. The van der Waals surface area contributed by atoms with E-state index in [1.165, 1.54) is 16.2 Å². The average Bonchev–Trinajstić information content (AvgIpc) is 2.65. The third kappa shape index (κ3) is 2.00. The van der Waals surface area contributed by atoms with Crippen molar-refractivity contribution >= 4 is 32.8 Å². The molecule has 3 aromatic heterocycles. The number of hydrogen-bond acceptors (Lipinski definition) is 4. The van der Waals surface area contributed by atoms with Crippen LogP contribution in [0.4, 0.5) is 0 Å². The van der Waals surface area contributed by atoms with E-state index in [-0.39, 0.29) is 16.6 Å². The molecule has 7 nitrogen and oxygen atoms in total. The van der Waals surface area contributed by atoms with Crippen LogP contribution in [0.5, 0.6) is 0 Å². The summed E-state index contributed by atoms with van der Waals surface area (Å²) in [6.45, 7) is 2.06. The first-order chi connectivity index (χ1) is 12.3. The second-order valence-electron chi connectivity index (χ2n) is 6.53. The molecule has 0 bridgehead atoms. The van der Waals surface area contributed by atoms with Crippen molar-refractivity contribution in [2.45, 2.75) is 13.3 Å². The summed E-state index contributed by atoms with van der Waals surface area (Å²) in [5, 5.41) is 1.50. The van der Waals surface area contributed by atoms with E-state index in [2.05, 4.69) is 11.9 Å². The molecule has 132 valence electrons. The molecule has 3 heterocycles. The molecule has 0 saturated heterocycles. The van der Waals surface area contributed by atoms with Crippen LogP contribution in [0.2, 0.25) is 0 Å². The predicted molar refractivity (Wildman–Crippen MR) is 102 cm³/mol. The molecule has 26 heavy (non-hydrogen) atoms. The highest BCUT2D eigenvalue weighted by atomic mass is 16.2. The number of rotatable bonds is 1. The summed E-state index contributed by atoms with van der Waals surface area (Å²) in [5.74, 6) is 0. The highest BCUT2D eigenvalue weighted by Gasteiger charge is 2.18. The monoisotopic (exact) mass is 350 g/mol. The van der Waals surface area contributed by atoms with Gasteiger partial charge in [-0.1, -0.05) is 13.0 Å². The van der Waals surface area contributed by atoms with Gasteiger partial charge in [0.2, 0.25) is 0 Å². The number of hydrogen-bond donors (Lipinski definition) is 0. The Morgan fingerprint density at radius 3 is 2.35 bits per heavy atom. The molecule has 4 aromatic rings. The highest BCUT2D eigenvalue weighted by Crippen LogP contribution is 2.22. The van der Waals surface area contributed by atoms with E-state index in [1.807, 2.05) is 18.2 Å². The molecule has 0 fully saturated rings. The van der Waals surface area contributed by atoms with Gasteiger partial charge in [-0.15, -0.1) is 0 Å². The number of aryl methyl sites for hydroxylation is 3. The van der Waals surface area contributed by atoms with Crippen LogP contribution in [-0.2, 0) is 27.6 Å². The van der Waals surface area contributed by atoms with Crippen LogP contribution < -0.4 is 16.8 Å². The predicted octanol–water partition coefficient (Wildman–Crippen LogP) is 1.20. The SMILES string of the molecule is CCc1ccc2nc3c(cc2c1)c(=O)n(C)c1c3c(=O)n(C)c(=O)n1C.